The Balaban J connectivity index is 0.00000196. The first-order valence-electron chi connectivity index (χ1n) is 5.96. The van der Waals surface area contributed by atoms with Crippen LogP contribution < -0.4 is 0 Å². The van der Waals surface area contributed by atoms with Gasteiger partial charge >= 0.3 is 0 Å². The first kappa shape index (κ1) is 15.0. The zero-order valence-electron chi connectivity index (χ0n) is 10.9. The maximum atomic E-state index is 2.62. The SMILES string of the molecule is C.CC(C)(C)C1CCN(C(C)(C)C)CC1. The molecule has 1 aliphatic heterocycles. The van der Waals surface area contributed by atoms with Crippen LogP contribution in [0.1, 0.15) is 61.8 Å². The maximum Gasteiger partial charge on any atom is 0.0125 e. The fraction of sp³-hybridized carbons (Fsp3) is 1.00. The normalized spacial score (nSPS) is 21.2. The van der Waals surface area contributed by atoms with Crippen molar-refractivity contribution < 1.29 is 0 Å². The lowest BCUT2D eigenvalue weighted by Crippen LogP contribution is -2.47. The molecule has 15 heavy (non-hydrogen) atoms. The molecule has 0 atom stereocenters. The molecule has 0 saturated carbocycles. The van der Waals surface area contributed by atoms with E-state index in [4.69, 9.17) is 0 Å². The van der Waals surface area contributed by atoms with Crippen molar-refractivity contribution in [3.8, 4) is 0 Å². The highest BCUT2D eigenvalue weighted by molar-refractivity contribution is 4.85. The lowest BCUT2D eigenvalue weighted by Gasteiger charge is -2.44. The van der Waals surface area contributed by atoms with E-state index < -0.39 is 0 Å². The van der Waals surface area contributed by atoms with Crippen molar-refractivity contribution in [3.63, 3.8) is 0 Å². The summed E-state index contributed by atoms with van der Waals surface area (Å²) in [7, 11) is 0. The van der Waals surface area contributed by atoms with E-state index in [1.165, 1.54) is 25.9 Å². The van der Waals surface area contributed by atoms with Gasteiger partial charge in [-0.2, -0.15) is 0 Å². The molecule has 0 amide bonds. The lowest BCUT2D eigenvalue weighted by atomic mass is 9.75. The van der Waals surface area contributed by atoms with Crippen molar-refractivity contribution in [2.45, 2.75) is 67.3 Å². The molecule has 0 unspecified atom stereocenters. The highest BCUT2D eigenvalue weighted by Gasteiger charge is 2.32. The molecule has 1 heterocycles. The minimum atomic E-state index is 0. The van der Waals surface area contributed by atoms with E-state index in [9.17, 15) is 0 Å². The Hall–Kier alpha value is -0.0400. The van der Waals surface area contributed by atoms with Crippen LogP contribution in [0.25, 0.3) is 0 Å². The van der Waals surface area contributed by atoms with Crippen LogP contribution in [0.3, 0.4) is 0 Å². The Labute approximate surface area is 97.2 Å². The van der Waals surface area contributed by atoms with Crippen LogP contribution in [0.15, 0.2) is 0 Å². The number of hydrogen-bond acceptors (Lipinski definition) is 1. The molecule has 1 rings (SSSR count). The van der Waals surface area contributed by atoms with Gasteiger partial charge in [0, 0.05) is 5.54 Å². The second-order valence-corrected chi connectivity index (χ2v) is 6.80. The summed E-state index contributed by atoms with van der Waals surface area (Å²) in [6.45, 7) is 16.7. The van der Waals surface area contributed by atoms with Crippen LogP contribution in [0.5, 0.6) is 0 Å². The Morgan fingerprint density at radius 3 is 1.53 bits per heavy atom. The number of nitrogens with zero attached hydrogens (tertiary/aromatic N) is 1. The third-order valence-electron chi connectivity index (χ3n) is 3.67. The average molecular weight is 213 g/mol. The van der Waals surface area contributed by atoms with Crippen LogP contribution in [-0.2, 0) is 0 Å². The Bertz CT molecular complexity index is 152. The summed E-state index contributed by atoms with van der Waals surface area (Å²) < 4.78 is 0. The zero-order valence-corrected chi connectivity index (χ0v) is 10.9. The number of hydrogen-bond donors (Lipinski definition) is 0. The van der Waals surface area contributed by atoms with E-state index in [0.717, 1.165) is 5.92 Å². The molecule has 1 aliphatic rings. The van der Waals surface area contributed by atoms with Crippen molar-refractivity contribution in [2.75, 3.05) is 13.1 Å². The minimum absolute atomic E-state index is 0. The largest absolute Gasteiger partial charge is 0.298 e. The summed E-state index contributed by atoms with van der Waals surface area (Å²) in [6, 6.07) is 0. The molecule has 0 aliphatic carbocycles. The number of rotatable bonds is 0. The summed E-state index contributed by atoms with van der Waals surface area (Å²) in [5.74, 6) is 0.918. The first-order chi connectivity index (χ1) is 6.21. The molecule has 0 aromatic rings. The first-order valence-corrected chi connectivity index (χ1v) is 5.96. The molecule has 1 fully saturated rings. The van der Waals surface area contributed by atoms with Crippen LogP contribution in [0.4, 0.5) is 0 Å². The molecule has 0 aromatic heterocycles. The van der Waals surface area contributed by atoms with Crippen LogP contribution in [0, 0.1) is 11.3 Å². The van der Waals surface area contributed by atoms with Gasteiger partial charge in [-0.1, -0.05) is 28.2 Å². The molecular weight excluding hydrogens is 182 g/mol. The second kappa shape index (κ2) is 4.86. The molecule has 0 aromatic carbocycles. The highest BCUT2D eigenvalue weighted by Crippen LogP contribution is 2.35. The van der Waals surface area contributed by atoms with E-state index >= 15 is 0 Å². The molecule has 1 nitrogen and oxygen atoms in total. The van der Waals surface area contributed by atoms with Gasteiger partial charge in [0.25, 0.3) is 0 Å². The van der Waals surface area contributed by atoms with Crippen molar-refractivity contribution in [1.82, 2.24) is 4.90 Å². The Morgan fingerprint density at radius 1 is 0.867 bits per heavy atom. The van der Waals surface area contributed by atoms with E-state index in [2.05, 4.69) is 46.4 Å². The van der Waals surface area contributed by atoms with Gasteiger partial charge in [-0.15, -0.1) is 0 Å². The summed E-state index contributed by atoms with van der Waals surface area (Å²) in [5.41, 5.74) is 0.868. The second-order valence-electron chi connectivity index (χ2n) is 6.80. The molecule has 92 valence electrons. The molecular formula is C14H31N. The van der Waals surface area contributed by atoms with Gasteiger partial charge in [-0.05, 0) is 58.0 Å². The minimum Gasteiger partial charge on any atom is -0.298 e. The quantitative estimate of drug-likeness (QED) is 0.583. The third-order valence-corrected chi connectivity index (χ3v) is 3.67. The van der Waals surface area contributed by atoms with Gasteiger partial charge < -0.3 is 0 Å². The summed E-state index contributed by atoms with van der Waals surface area (Å²) in [6.07, 6.45) is 2.75. The number of likely N-dealkylation sites (tertiary alicyclic amines) is 1. The van der Waals surface area contributed by atoms with E-state index in [-0.39, 0.29) is 7.43 Å². The Kier molecular flexibility index (Phi) is 4.85. The van der Waals surface area contributed by atoms with Crippen molar-refractivity contribution in [3.05, 3.63) is 0 Å². The summed E-state index contributed by atoms with van der Waals surface area (Å²) in [4.78, 5) is 2.62. The summed E-state index contributed by atoms with van der Waals surface area (Å²) in [5, 5.41) is 0. The lowest BCUT2D eigenvalue weighted by molar-refractivity contribution is 0.0532. The average Bonchev–Trinajstić information content (AvgIpc) is 2.01. The molecule has 0 spiro atoms. The van der Waals surface area contributed by atoms with Gasteiger partial charge in [0.1, 0.15) is 0 Å². The van der Waals surface area contributed by atoms with E-state index in [0.29, 0.717) is 11.0 Å². The van der Waals surface area contributed by atoms with Crippen LogP contribution in [-0.4, -0.2) is 23.5 Å². The van der Waals surface area contributed by atoms with Gasteiger partial charge in [0.05, 0.1) is 0 Å². The van der Waals surface area contributed by atoms with Gasteiger partial charge in [0.2, 0.25) is 0 Å². The van der Waals surface area contributed by atoms with Crippen LogP contribution >= 0.6 is 0 Å². The number of piperidine rings is 1. The highest BCUT2D eigenvalue weighted by atomic mass is 15.2. The van der Waals surface area contributed by atoms with Crippen LogP contribution in [0.2, 0.25) is 0 Å². The van der Waals surface area contributed by atoms with Gasteiger partial charge in [-0.25, -0.2) is 0 Å². The zero-order chi connectivity index (χ0) is 11.0. The van der Waals surface area contributed by atoms with E-state index in [1.807, 2.05) is 0 Å². The van der Waals surface area contributed by atoms with Gasteiger partial charge in [0.15, 0.2) is 0 Å². The third kappa shape index (κ3) is 4.14. The van der Waals surface area contributed by atoms with Crippen molar-refractivity contribution in [2.24, 2.45) is 11.3 Å². The van der Waals surface area contributed by atoms with Crippen molar-refractivity contribution >= 4 is 0 Å². The van der Waals surface area contributed by atoms with E-state index in [1.54, 1.807) is 0 Å². The predicted molar refractivity (Wildman–Crippen MR) is 70.2 cm³/mol. The van der Waals surface area contributed by atoms with Gasteiger partial charge in [-0.3, -0.25) is 4.90 Å². The fourth-order valence-electron chi connectivity index (χ4n) is 2.42. The summed E-state index contributed by atoms with van der Waals surface area (Å²) >= 11 is 0. The predicted octanol–water partition coefficient (Wildman–Crippen LogP) is 4.18. The maximum absolute atomic E-state index is 2.62. The molecule has 1 heteroatoms. The topological polar surface area (TPSA) is 3.24 Å². The smallest absolute Gasteiger partial charge is 0.0125 e. The molecule has 0 radical (unpaired) electrons. The molecule has 0 N–H and O–H groups in total. The Morgan fingerprint density at radius 2 is 1.27 bits per heavy atom. The molecule has 0 bridgehead atoms. The fourth-order valence-corrected chi connectivity index (χ4v) is 2.42. The molecule has 1 saturated heterocycles. The standard InChI is InChI=1S/C13H27N.CH4/c1-12(2,3)11-7-9-14(10-8-11)13(4,5)6;/h11H,7-10H2,1-6H3;1H4. The van der Waals surface area contributed by atoms with Crippen molar-refractivity contribution in [1.29, 1.82) is 0 Å². The monoisotopic (exact) mass is 213 g/mol.